The van der Waals surface area contributed by atoms with E-state index >= 15 is 0 Å². The second-order valence-electron chi connectivity index (χ2n) is 12.7. The van der Waals surface area contributed by atoms with Crippen LogP contribution < -0.4 is 25.4 Å². The van der Waals surface area contributed by atoms with Crippen molar-refractivity contribution in [3.05, 3.63) is 106 Å². The number of imidazole rings is 1. The van der Waals surface area contributed by atoms with Crippen molar-refractivity contribution in [2.75, 3.05) is 36.7 Å². The van der Waals surface area contributed by atoms with E-state index in [1.54, 1.807) is 44.8 Å². The number of halogens is 1. The maximum Gasteiger partial charge on any atom is 0.291 e. The molecule has 1 saturated carbocycles. The van der Waals surface area contributed by atoms with E-state index in [-0.39, 0.29) is 11.6 Å². The second kappa shape index (κ2) is 14.4. The molecule has 262 valence electrons. The van der Waals surface area contributed by atoms with Crippen molar-refractivity contribution >= 4 is 40.5 Å². The fraction of sp³-hybridized carbons (Fsp3) is 0.289. The molecule has 1 aliphatic carbocycles. The summed E-state index contributed by atoms with van der Waals surface area (Å²) in [5.74, 6) is 0.674. The monoisotopic (exact) mass is 706 g/mol. The van der Waals surface area contributed by atoms with Crippen LogP contribution in [0.25, 0.3) is 11.1 Å². The minimum Gasteiger partial charge on any atom is -0.496 e. The van der Waals surface area contributed by atoms with Gasteiger partial charge in [0.05, 0.1) is 30.6 Å². The van der Waals surface area contributed by atoms with E-state index in [0.29, 0.717) is 52.0 Å². The van der Waals surface area contributed by atoms with Gasteiger partial charge in [0.15, 0.2) is 5.82 Å². The Bertz CT molecular complexity index is 2130. The number of carbonyl (C=O) groups is 2. The molecule has 2 aliphatic rings. The lowest BCUT2D eigenvalue weighted by Gasteiger charge is -2.26. The first-order valence-corrected chi connectivity index (χ1v) is 17.2. The van der Waals surface area contributed by atoms with Crippen LogP contribution in [0.2, 0.25) is 5.02 Å². The van der Waals surface area contributed by atoms with E-state index in [0.717, 1.165) is 53.3 Å². The van der Waals surface area contributed by atoms with Gasteiger partial charge in [0.25, 0.3) is 11.8 Å². The maximum absolute atomic E-state index is 13.5. The average molecular weight is 707 g/mol. The number of pyridine rings is 2. The molecule has 0 unspecified atom stereocenters. The Morgan fingerprint density at radius 1 is 0.961 bits per heavy atom. The zero-order valence-electron chi connectivity index (χ0n) is 28.9. The summed E-state index contributed by atoms with van der Waals surface area (Å²) in [5, 5.41) is 9.66. The normalized spacial score (nSPS) is 14.1. The molecule has 0 atom stereocenters. The van der Waals surface area contributed by atoms with Gasteiger partial charge in [-0.2, -0.15) is 0 Å². The van der Waals surface area contributed by atoms with Crippen molar-refractivity contribution in [1.29, 1.82) is 0 Å². The summed E-state index contributed by atoms with van der Waals surface area (Å²) < 4.78 is 12.7. The molecule has 2 aromatic carbocycles. The van der Waals surface area contributed by atoms with Crippen LogP contribution in [0.3, 0.4) is 0 Å². The third kappa shape index (κ3) is 7.10. The first kappa shape index (κ1) is 34.0. The number of aromatic nitrogens is 4. The number of fused-ring (bicyclic) bond motifs is 1. The Hall–Kier alpha value is -5.46. The van der Waals surface area contributed by atoms with Gasteiger partial charge in [-0.1, -0.05) is 35.9 Å². The molecule has 1 fully saturated rings. The van der Waals surface area contributed by atoms with Gasteiger partial charge in [0.1, 0.15) is 11.4 Å². The van der Waals surface area contributed by atoms with Gasteiger partial charge in [-0.05, 0) is 49.1 Å². The van der Waals surface area contributed by atoms with Crippen LogP contribution in [0.1, 0.15) is 56.5 Å². The van der Waals surface area contributed by atoms with Crippen LogP contribution in [-0.2, 0) is 26.6 Å². The zero-order chi connectivity index (χ0) is 35.6. The predicted molar refractivity (Wildman–Crippen MR) is 197 cm³/mol. The summed E-state index contributed by atoms with van der Waals surface area (Å²) in [6.07, 6.45) is 6.62. The number of nitrogens with one attached hydrogen (secondary N) is 3. The lowest BCUT2D eigenvalue weighted by atomic mass is 9.98. The van der Waals surface area contributed by atoms with Crippen molar-refractivity contribution in [2.24, 2.45) is 7.05 Å². The molecule has 0 spiro atoms. The highest BCUT2D eigenvalue weighted by Crippen LogP contribution is 2.38. The van der Waals surface area contributed by atoms with Gasteiger partial charge < -0.3 is 30.0 Å². The SMILES string of the molecule is COc1cc(NCc2cnc(C(=O)Nc3cccc(-c4cccc(NC(=O)c5nc6c(n5C)CCN(C5CC5)C6)c4Cl)c3C)cc2OC)ccn1. The molecule has 1 aliphatic heterocycles. The van der Waals surface area contributed by atoms with Crippen LogP contribution in [0.5, 0.6) is 11.6 Å². The van der Waals surface area contributed by atoms with E-state index in [1.807, 2.05) is 54.9 Å². The summed E-state index contributed by atoms with van der Waals surface area (Å²) >= 11 is 6.96. The Balaban J connectivity index is 1.06. The summed E-state index contributed by atoms with van der Waals surface area (Å²) in [6, 6.07) is 17.0. The number of methoxy groups -OCH3 is 2. The standard InChI is InChI=1S/C38H39ClN8O4/c1-22-26(27-8-6-10-29(35(27)39)45-38(49)36-43-31-21-47(25-11-12-25)16-14-32(31)46(36)2)7-5-9-28(22)44-37(48)30-18-33(50-3)23(20-42-30)19-41-24-13-15-40-34(17-24)51-4/h5-10,13,15,17-18,20,25H,11-12,14,16,19,21H2,1-4H3,(H,40,41)(H,44,48)(H,45,49). The number of anilines is 3. The number of carbonyl (C=O) groups excluding carboxylic acids is 2. The van der Waals surface area contributed by atoms with E-state index in [1.165, 1.54) is 12.8 Å². The first-order chi connectivity index (χ1) is 24.7. The van der Waals surface area contributed by atoms with Gasteiger partial charge in [0, 0.05) is 91.9 Å². The molecular weight excluding hydrogens is 668 g/mol. The maximum atomic E-state index is 13.5. The van der Waals surface area contributed by atoms with Gasteiger partial charge in [-0.3, -0.25) is 19.5 Å². The molecule has 4 heterocycles. The second-order valence-corrected chi connectivity index (χ2v) is 13.1. The molecule has 5 aromatic rings. The molecule has 12 nitrogen and oxygen atoms in total. The predicted octanol–water partition coefficient (Wildman–Crippen LogP) is 6.49. The van der Waals surface area contributed by atoms with E-state index in [9.17, 15) is 9.59 Å². The number of nitrogens with zero attached hydrogens (tertiary/aromatic N) is 5. The van der Waals surface area contributed by atoms with Crippen molar-refractivity contribution in [3.63, 3.8) is 0 Å². The largest absolute Gasteiger partial charge is 0.496 e. The van der Waals surface area contributed by atoms with E-state index < -0.39 is 5.91 Å². The molecule has 0 bridgehead atoms. The van der Waals surface area contributed by atoms with Crippen LogP contribution in [0, 0.1) is 6.92 Å². The number of benzene rings is 2. The van der Waals surface area contributed by atoms with Crippen LogP contribution in [0.4, 0.5) is 17.1 Å². The highest BCUT2D eigenvalue weighted by atomic mass is 35.5. The Labute approximate surface area is 301 Å². The molecule has 0 saturated heterocycles. The van der Waals surface area contributed by atoms with Gasteiger partial charge in [0.2, 0.25) is 5.88 Å². The number of ether oxygens (including phenoxy) is 2. The third-order valence-electron chi connectivity index (χ3n) is 9.49. The van der Waals surface area contributed by atoms with Crippen molar-refractivity contribution in [3.8, 4) is 22.8 Å². The quantitative estimate of drug-likeness (QED) is 0.141. The fourth-order valence-corrected chi connectivity index (χ4v) is 6.78. The van der Waals surface area contributed by atoms with Crippen molar-refractivity contribution in [1.82, 2.24) is 24.4 Å². The molecule has 3 N–H and O–H groups in total. The van der Waals surface area contributed by atoms with Crippen molar-refractivity contribution in [2.45, 2.75) is 45.3 Å². The number of hydrogen-bond donors (Lipinski definition) is 3. The van der Waals surface area contributed by atoms with Crippen molar-refractivity contribution < 1.29 is 19.1 Å². The minimum atomic E-state index is -0.392. The molecule has 2 amide bonds. The summed E-state index contributed by atoms with van der Waals surface area (Å²) in [5.41, 5.74) is 7.26. The molecule has 51 heavy (non-hydrogen) atoms. The molecule has 7 rings (SSSR count). The van der Waals surface area contributed by atoms with Gasteiger partial charge >= 0.3 is 0 Å². The fourth-order valence-electron chi connectivity index (χ4n) is 6.51. The summed E-state index contributed by atoms with van der Waals surface area (Å²) in [6.45, 7) is 4.09. The molecule has 13 heteroatoms. The van der Waals surface area contributed by atoms with Gasteiger partial charge in [-0.25, -0.2) is 9.97 Å². The average Bonchev–Trinajstić information content (AvgIpc) is 3.95. The topological polar surface area (TPSA) is 136 Å². The lowest BCUT2D eigenvalue weighted by molar-refractivity contribution is 0.100. The number of hydrogen-bond acceptors (Lipinski definition) is 9. The lowest BCUT2D eigenvalue weighted by Crippen LogP contribution is -2.32. The van der Waals surface area contributed by atoms with Crippen LogP contribution >= 0.6 is 11.6 Å². The Morgan fingerprint density at radius 3 is 2.49 bits per heavy atom. The molecular formula is C38H39ClN8O4. The Morgan fingerprint density at radius 2 is 1.73 bits per heavy atom. The van der Waals surface area contributed by atoms with Gasteiger partial charge in [-0.15, -0.1) is 0 Å². The summed E-state index contributed by atoms with van der Waals surface area (Å²) in [4.78, 5) is 42.7. The first-order valence-electron chi connectivity index (χ1n) is 16.8. The number of amides is 2. The van der Waals surface area contributed by atoms with Crippen LogP contribution in [-0.4, -0.2) is 63.0 Å². The zero-order valence-corrected chi connectivity index (χ0v) is 29.7. The van der Waals surface area contributed by atoms with Crippen LogP contribution in [0.15, 0.2) is 67.0 Å². The summed E-state index contributed by atoms with van der Waals surface area (Å²) in [7, 11) is 5.01. The minimum absolute atomic E-state index is 0.199. The highest BCUT2D eigenvalue weighted by molar-refractivity contribution is 6.36. The van der Waals surface area contributed by atoms with E-state index in [4.69, 9.17) is 26.1 Å². The number of rotatable bonds is 11. The highest BCUT2D eigenvalue weighted by Gasteiger charge is 2.34. The Kier molecular flexibility index (Phi) is 9.61. The third-order valence-corrected chi connectivity index (χ3v) is 9.90. The smallest absolute Gasteiger partial charge is 0.291 e. The molecule has 3 aromatic heterocycles. The molecule has 0 radical (unpaired) electrons. The van der Waals surface area contributed by atoms with E-state index in [2.05, 4.69) is 30.8 Å².